The first-order valence-electron chi connectivity index (χ1n) is 10.8. The minimum Gasteiger partial charge on any atom is -0.368 e. The van der Waals surface area contributed by atoms with Gasteiger partial charge in [0, 0.05) is 56.1 Å². The zero-order chi connectivity index (χ0) is 19.8. The molecule has 29 heavy (non-hydrogen) atoms. The number of nitrogen functional groups attached to an aromatic ring is 1. The van der Waals surface area contributed by atoms with Crippen molar-refractivity contribution in [2.75, 3.05) is 18.8 Å². The largest absolute Gasteiger partial charge is 0.368 e. The summed E-state index contributed by atoms with van der Waals surface area (Å²) < 4.78 is 0. The zero-order valence-corrected chi connectivity index (χ0v) is 16.8. The van der Waals surface area contributed by atoms with Crippen LogP contribution in [0.3, 0.4) is 0 Å². The Morgan fingerprint density at radius 1 is 1.03 bits per heavy atom. The Kier molecular flexibility index (Phi) is 4.96. The van der Waals surface area contributed by atoms with E-state index >= 15 is 0 Å². The van der Waals surface area contributed by atoms with Crippen molar-refractivity contribution in [3.8, 4) is 0 Å². The number of carbonyl (C=O) groups is 1. The minimum absolute atomic E-state index is 0.303. The lowest BCUT2D eigenvalue weighted by molar-refractivity contribution is -0.152. The predicted octanol–water partition coefficient (Wildman–Crippen LogP) is 2.50. The Morgan fingerprint density at radius 3 is 2.59 bits per heavy atom. The first kappa shape index (κ1) is 18.6. The maximum Gasteiger partial charge on any atom is 0.223 e. The molecule has 3 aliphatic rings. The molecule has 0 saturated carbocycles. The summed E-state index contributed by atoms with van der Waals surface area (Å²) in [4.78, 5) is 26.1. The standard InChI is InChI=1S/C23H29N5O/c24-23-25-11-17(12-26-23)13-27-14-18-10-19(15-27)21(9-16-5-2-1-3-6-16)28-20(18)7-4-8-22(28)29/h1-3,5-6,11-12,18-21H,4,7-10,13-15H2,(H2,24,25,26)/t18-,19+,20+,21+/m1/s1. The minimum atomic E-state index is 0.303. The quantitative estimate of drug-likeness (QED) is 0.867. The number of piperidine rings is 3. The maximum absolute atomic E-state index is 12.9. The SMILES string of the molecule is Nc1ncc(CN2C[C@H]3C[C@@H](C2)[C@H](Cc2ccccc2)N2C(=O)CCC[C@@H]32)cn1. The summed E-state index contributed by atoms with van der Waals surface area (Å²) in [5.74, 6) is 1.78. The Bertz CT molecular complexity index is 855. The molecule has 3 saturated heterocycles. The molecule has 4 heterocycles. The lowest BCUT2D eigenvalue weighted by Gasteiger charge is -2.57. The highest BCUT2D eigenvalue weighted by atomic mass is 16.2. The number of amides is 1. The molecule has 1 aromatic carbocycles. The molecule has 2 aromatic rings. The van der Waals surface area contributed by atoms with Gasteiger partial charge in [-0.2, -0.15) is 0 Å². The number of likely N-dealkylation sites (tertiary alicyclic amines) is 1. The van der Waals surface area contributed by atoms with Crippen molar-refractivity contribution in [2.45, 2.75) is 50.7 Å². The molecule has 3 fully saturated rings. The summed E-state index contributed by atoms with van der Waals surface area (Å²) >= 11 is 0. The number of benzene rings is 1. The van der Waals surface area contributed by atoms with E-state index in [1.165, 1.54) is 12.0 Å². The molecule has 2 N–H and O–H groups in total. The van der Waals surface area contributed by atoms with Gasteiger partial charge in [0.05, 0.1) is 0 Å². The van der Waals surface area contributed by atoms with E-state index in [4.69, 9.17) is 5.73 Å². The highest BCUT2D eigenvalue weighted by molar-refractivity contribution is 5.78. The predicted molar refractivity (Wildman–Crippen MR) is 112 cm³/mol. The van der Waals surface area contributed by atoms with E-state index in [1.807, 2.05) is 12.4 Å². The summed E-state index contributed by atoms with van der Waals surface area (Å²) in [5, 5.41) is 0. The van der Waals surface area contributed by atoms with Crippen molar-refractivity contribution in [3.63, 3.8) is 0 Å². The highest BCUT2D eigenvalue weighted by Gasteiger charge is 2.49. The van der Waals surface area contributed by atoms with Crippen LogP contribution in [0.15, 0.2) is 42.7 Å². The second kappa shape index (κ2) is 7.75. The van der Waals surface area contributed by atoms with Gasteiger partial charge in [0.25, 0.3) is 0 Å². The second-order valence-corrected chi connectivity index (χ2v) is 8.92. The zero-order valence-electron chi connectivity index (χ0n) is 16.8. The summed E-state index contributed by atoms with van der Waals surface area (Å²) in [5.41, 5.74) is 8.08. The van der Waals surface area contributed by atoms with Gasteiger partial charge in [-0.15, -0.1) is 0 Å². The molecule has 4 atom stereocenters. The lowest BCUT2D eigenvalue weighted by atomic mass is 9.70. The van der Waals surface area contributed by atoms with Crippen LogP contribution in [0, 0.1) is 11.8 Å². The van der Waals surface area contributed by atoms with E-state index in [9.17, 15) is 4.79 Å². The third-order valence-corrected chi connectivity index (χ3v) is 6.99. The third-order valence-electron chi connectivity index (χ3n) is 6.99. The fourth-order valence-corrected chi connectivity index (χ4v) is 5.82. The van der Waals surface area contributed by atoms with E-state index in [0.29, 0.717) is 42.2 Å². The van der Waals surface area contributed by atoms with Crippen LogP contribution in [0.1, 0.15) is 36.8 Å². The maximum atomic E-state index is 12.9. The van der Waals surface area contributed by atoms with Crippen LogP contribution in [0.25, 0.3) is 0 Å². The summed E-state index contributed by atoms with van der Waals surface area (Å²) in [6.45, 7) is 2.92. The molecular weight excluding hydrogens is 362 g/mol. The smallest absolute Gasteiger partial charge is 0.223 e. The number of rotatable bonds is 4. The molecular formula is C23H29N5O. The Labute approximate surface area is 172 Å². The average molecular weight is 392 g/mol. The second-order valence-electron chi connectivity index (χ2n) is 8.92. The number of hydrogen-bond donors (Lipinski definition) is 1. The van der Waals surface area contributed by atoms with Gasteiger partial charge in [-0.1, -0.05) is 30.3 Å². The number of hydrogen-bond acceptors (Lipinski definition) is 5. The van der Waals surface area contributed by atoms with Crippen molar-refractivity contribution in [2.24, 2.45) is 11.8 Å². The molecule has 2 bridgehead atoms. The van der Waals surface area contributed by atoms with Gasteiger partial charge in [0.1, 0.15) is 0 Å². The van der Waals surface area contributed by atoms with Crippen LogP contribution in [0.4, 0.5) is 5.95 Å². The monoisotopic (exact) mass is 391 g/mol. The molecule has 1 amide bonds. The molecule has 0 spiro atoms. The van der Waals surface area contributed by atoms with Crippen molar-refractivity contribution in [1.29, 1.82) is 0 Å². The van der Waals surface area contributed by atoms with Crippen molar-refractivity contribution in [1.82, 2.24) is 19.8 Å². The summed E-state index contributed by atoms with van der Waals surface area (Å²) in [6, 6.07) is 11.4. The molecule has 0 radical (unpaired) electrons. The van der Waals surface area contributed by atoms with Gasteiger partial charge in [0.15, 0.2) is 0 Å². The molecule has 6 heteroatoms. The highest BCUT2D eigenvalue weighted by Crippen LogP contribution is 2.42. The third kappa shape index (κ3) is 3.73. The van der Waals surface area contributed by atoms with Gasteiger partial charge in [-0.05, 0) is 43.1 Å². The van der Waals surface area contributed by atoms with E-state index in [1.54, 1.807) is 0 Å². The first-order chi connectivity index (χ1) is 14.2. The molecule has 6 nitrogen and oxygen atoms in total. The topological polar surface area (TPSA) is 75.3 Å². The number of fused-ring (bicyclic) bond motifs is 4. The molecule has 0 aliphatic carbocycles. The van der Waals surface area contributed by atoms with E-state index in [0.717, 1.165) is 44.5 Å². The van der Waals surface area contributed by atoms with E-state index in [-0.39, 0.29) is 0 Å². The normalized spacial score (nSPS) is 29.5. The van der Waals surface area contributed by atoms with E-state index in [2.05, 4.69) is 50.1 Å². The summed E-state index contributed by atoms with van der Waals surface area (Å²) in [6.07, 6.45) is 8.77. The molecule has 152 valence electrons. The Morgan fingerprint density at radius 2 is 1.79 bits per heavy atom. The first-order valence-corrected chi connectivity index (χ1v) is 10.8. The molecule has 1 aromatic heterocycles. The molecule has 0 unspecified atom stereocenters. The van der Waals surface area contributed by atoms with Gasteiger partial charge >= 0.3 is 0 Å². The molecule has 5 rings (SSSR count). The van der Waals surface area contributed by atoms with Crippen LogP contribution in [0.5, 0.6) is 0 Å². The van der Waals surface area contributed by atoms with Crippen LogP contribution < -0.4 is 5.73 Å². The van der Waals surface area contributed by atoms with Crippen LogP contribution in [-0.4, -0.2) is 50.8 Å². The number of carbonyl (C=O) groups excluding carboxylic acids is 1. The van der Waals surface area contributed by atoms with Gasteiger partial charge in [0.2, 0.25) is 11.9 Å². The fraction of sp³-hybridized carbons (Fsp3) is 0.522. The number of nitrogens with zero attached hydrogens (tertiary/aromatic N) is 4. The van der Waals surface area contributed by atoms with E-state index < -0.39 is 0 Å². The van der Waals surface area contributed by atoms with Gasteiger partial charge in [-0.25, -0.2) is 9.97 Å². The average Bonchev–Trinajstić information content (AvgIpc) is 2.74. The van der Waals surface area contributed by atoms with Crippen LogP contribution >= 0.6 is 0 Å². The van der Waals surface area contributed by atoms with Crippen molar-refractivity contribution in [3.05, 3.63) is 53.9 Å². The van der Waals surface area contributed by atoms with Gasteiger partial charge in [-0.3, -0.25) is 9.69 Å². The van der Waals surface area contributed by atoms with Crippen molar-refractivity contribution >= 4 is 11.9 Å². The number of aromatic nitrogens is 2. The number of anilines is 1. The fourth-order valence-electron chi connectivity index (χ4n) is 5.82. The lowest BCUT2D eigenvalue weighted by Crippen LogP contribution is -2.65. The summed E-state index contributed by atoms with van der Waals surface area (Å²) in [7, 11) is 0. The Hall–Kier alpha value is -2.47. The van der Waals surface area contributed by atoms with Gasteiger partial charge < -0.3 is 10.6 Å². The van der Waals surface area contributed by atoms with Crippen molar-refractivity contribution < 1.29 is 4.79 Å². The van der Waals surface area contributed by atoms with Crippen LogP contribution in [-0.2, 0) is 17.8 Å². The molecule has 3 aliphatic heterocycles. The number of nitrogens with two attached hydrogens (primary N) is 1. The Balaban J connectivity index is 1.39. The van der Waals surface area contributed by atoms with Crippen LogP contribution in [0.2, 0.25) is 0 Å².